The summed E-state index contributed by atoms with van der Waals surface area (Å²) in [5.41, 5.74) is 0.251. The van der Waals surface area contributed by atoms with Gasteiger partial charge in [-0.2, -0.15) is 10.2 Å². The molecule has 0 fully saturated rings. The van der Waals surface area contributed by atoms with Gasteiger partial charge in [0.2, 0.25) is 0 Å². The second-order valence-electron chi connectivity index (χ2n) is 3.76. The number of hydrogen-bond acceptors (Lipinski definition) is 5. The Morgan fingerprint density at radius 3 is 2.84 bits per heavy atom. The van der Waals surface area contributed by atoms with Gasteiger partial charge in [-0.1, -0.05) is 0 Å². The van der Waals surface area contributed by atoms with Gasteiger partial charge in [-0.3, -0.25) is 9.78 Å². The second-order valence-corrected chi connectivity index (χ2v) is 5.47. The normalized spacial score (nSPS) is 11.6. The van der Waals surface area contributed by atoms with E-state index in [0.717, 1.165) is 6.20 Å². The Morgan fingerprint density at radius 2 is 2.26 bits per heavy atom. The molecule has 0 unspecified atom stereocenters. The van der Waals surface area contributed by atoms with E-state index in [4.69, 9.17) is 5.11 Å². The van der Waals surface area contributed by atoms with Crippen molar-refractivity contribution in [2.24, 2.45) is 7.05 Å². The van der Waals surface area contributed by atoms with Crippen molar-refractivity contribution in [3.8, 4) is 0 Å². The lowest BCUT2D eigenvalue weighted by Crippen LogP contribution is -2.25. The zero-order valence-electron chi connectivity index (χ0n) is 9.86. The fourth-order valence-corrected chi connectivity index (χ4v) is 2.55. The van der Waals surface area contributed by atoms with Crippen LogP contribution in [0, 0.1) is 0 Å². The Labute approximate surface area is 108 Å². The summed E-state index contributed by atoms with van der Waals surface area (Å²) < 4.78 is 27.7. The van der Waals surface area contributed by atoms with Gasteiger partial charge in [0, 0.05) is 25.4 Å². The van der Waals surface area contributed by atoms with E-state index < -0.39 is 26.6 Å². The first-order valence-electron chi connectivity index (χ1n) is 5.14. The number of rotatable bonds is 5. The lowest BCUT2D eigenvalue weighted by atomic mass is 10.4. The van der Waals surface area contributed by atoms with Gasteiger partial charge in [0.1, 0.15) is 5.56 Å². The lowest BCUT2D eigenvalue weighted by Gasteiger charge is -2.04. The van der Waals surface area contributed by atoms with Crippen LogP contribution >= 0.6 is 0 Å². The molecular formula is C9H11N5O4S. The average molecular weight is 285 g/mol. The third-order valence-electron chi connectivity index (χ3n) is 2.33. The van der Waals surface area contributed by atoms with Crippen molar-refractivity contribution in [1.82, 2.24) is 24.7 Å². The minimum Gasteiger partial charge on any atom is -0.478 e. The highest BCUT2D eigenvalue weighted by Crippen LogP contribution is 2.12. The molecule has 0 atom stereocenters. The predicted molar refractivity (Wildman–Crippen MR) is 62.8 cm³/mol. The maximum Gasteiger partial charge on any atom is 0.340 e. The Hall–Kier alpha value is -2.20. The molecule has 19 heavy (non-hydrogen) atoms. The topological polar surface area (TPSA) is 130 Å². The van der Waals surface area contributed by atoms with Crippen LogP contribution in [0.2, 0.25) is 0 Å². The molecule has 3 N–H and O–H groups in total. The molecule has 0 aliphatic carbocycles. The molecule has 102 valence electrons. The van der Waals surface area contributed by atoms with Crippen molar-refractivity contribution < 1.29 is 18.3 Å². The highest BCUT2D eigenvalue weighted by molar-refractivity contribution is 7.89. The fraction of sp³-hybridized carbons (Fsp3) is 0.222. The molecule has 0 aliphatic heterocycles. The van der Waals surface area contributed by atoms with E-state index in [1.54, 1.807) is 13.2 Å². The molecule has 2 aromatic heterocycles. The van der Waals surface area contributed by atoms with E-state index in [9.17, 15) is 13.2 Å². The van der Waals surface area contributed by atoms with Gasteiger partial charge in [-0.25, -0.2) is 17.9 Å². The number of carboxylic acid groups (broad SMARTS) is 1. The van der Waals surface area contributed by atoms with Crippen molar-refractivity contribution in [2.45, 2.75) is 11.6 Å². The van der Waals surface area contributed by atoms with E-state index >= 15 is 0 Å². The van der Waals surface area contributed by atoms with E-state index in [-0.39, 0.29) is 6.54 Å². The highest BCUT2D eigenvalue weighted by atomic mass is 32.2. The van der Waals surface area contributed by atoms with Gasteiger partial charge in [-0.15, -0.1) is 0 Å². The van der Waals surface area contributed by atoms with Crippen LogP contribution in [0.15, 0.2) is 23.6 Å². The van der Waals surface area contributed by atoms with E-state index in [1.807, 2.05) is 0 Å². The van der Waals surface area contributed by atoms with Gasteiger partial charge in [0.05, 0.1) is 12.4 Å². The van der Waals surface area contributed by atoms with Gasteiger partial charge < -0.3 is 5.11 Å². The number of carboxylic acids is 1. The fourth-order valence-electron chi connectivity index (χ4n) is 1.45. The molecule has 0 spiro atoms. The molecule has 0 saturated heterocycles. The molecule has 2 rings (SSSR count). The number of sulfonamides is 1. The van der Waals surface area contributed by atoms with Crippen molar-refractivity contribution >= 4 is 16.0 Å². The smallest absolute Gasteiger partial charge is 0.340 e. The van der Waals surface area contributed by atoms with Crippen molar-refractivity contribution in [2.75, 3.05) is 0 Å². The third-order valence-corrected chi connectivity index (χ3v) is 3.70. The van der Waals surface area contributed by atoms with Crippen LogP contribution in [0.3, 0.4) is 0 Å². The minimum absolute atomic E-state index is 0.00819. The number of aromatic nitrogens is 4. The molecule has 2 heterocycles. The summed E-state index contributed by atoms with van der Waals surface area (Å²) in [5.74, 6) is -1.37. The number of nitrogens with zero attached hydrogens (tertiary/aromatic N) is 3. The molecule has 9 nitrogen and oxygen atoms in total. The maximum atomic E-state index is 11.9. The maximum absolute atomic E-state index is 11.9. The molecule has 0 aromatic carbocycles. The van der Waals surface area contributed by atoms with Gasteiger partial charge in [0.25, 0.3) is 10.0 Å². The minimum atomic E-state index is -3.97. The monoisotopic (exact) mass is 285 g/mol. The first-order chi connectivity index (χ1) is 8.90. The van der Waals surface area contributed by atoms with Crippen molar-refractivity contribution in [1.29, 1.82) is 0 Å². The SMILES string of the molecule is Cn1cc(CNS(=O)(=O)c2[nH]ncc2C(=O)O)cn1. The Bertz CT molecular complexity index is 702. The van der Waals surface area contributed by atoms with Crippen LogP contribution in [0.5, 0.6) is 0 Å². The molecular weight excluding hydrogens is 274 g/mol. The standard InChI is InChI=1S/C9H11N5O4S/c1-14-5-6(2-11-14)3-12-19(17,18)8-7(9(15)16)4-10-13-8/h2,4-5,12H,3H2,1H3,(H,10,13)(H,15,16). The summed E-state index contributed by atoms with van der Waals surface area (Å²) in [4.78, 5) is 10.8. The zero-order valence-corrected chi connectivity index (χ0v) is 10.7. The summed E-state index contributed by atoms with van der Waals surface area (Å²) >= 11 is 0. The first kappa shape index (κ1) is 13.2. The van der Waals surface area contributed by atoms with Crippen LogP contribution in [-0.2, 0) is 23.6 Å². The Balaban J connectivity index is 2.18. The molecule has 0 radical (unpaired) electrons. The van der Waals surface area contributed by atoms with Crippen LogP contribution in [-0.4, -0.2) is 39.5 Å². The summed E-state index contributed by atoms with van der Waals surface area (Å²) in [5, 5.41) is 17.9. The Kier molecular flexibility index (Phi) is 3.36. The molecule has 0 amide bonds. The molecule has 0 aliphatic rings. The molecule has 0 saturated carbocycles. The second kappa shape index (κ2) is 4.82. The van der Waals surface area contributed by atoms with Crippen LogP contribution in [0.1, 0.15) is 15.9 Å². The predicted octanol–water partition coefficient (Wildman–Crippen LogP) is -0.680. The highest BCUT2D eigenvalue weighted by Gasteiger charge is 2.24. The lowest BCUT2D eigenvalue weighted by molar-refractivity contribution is 0.0692. The third kappa shape index (κ3) is 2.80. The number of aryl methyl sites for hydroxylation is 1. The molecule has 0 bridgehead atoms. The number of nitrogens with one attached hydrogen (secondary N) is 2. The van der Waals surface area contributed by atoms with E-state index in [1.165, 1.54) is 10.9 Å². The summed E-state index contributed by atoms with van der Waals surface area (Å²) in [6, 6.07) is 0. The zero-order chi connectivity index (χ0) is 14.0. The number of carbonyl (C=O) groups is 1. The molecule has 2 aromatic rings. The van der Waals surface area contributed by atoms with Gasteiger partial charge >= 0.3 is 5.97 Å². The van der Waals surface area contributed by atoms with E-state index in [0.29, 0.717) is 5.56 Å². The van der Waals surface area contributed by atoms with Gasteiger partial charge in [0.15, 0.2) is 5.03 Å². The molecule has 10 heteroatoms. The summed E-state index contributed by atoms with van der Waals surface area (Å²) in [6.07, 6.45) is 4.10. The Morgan fingerprint density at radius 1 is 1.53 bits per heavy atom. The number of aromatic amines is 1. The largest absolute Gasteiger partial charge is 0.478 e. The van der Waals surface area contributed by atoms with Gasteiger partial charge in [-0.05, 0) is 0 Å². The number of H-pyrrole nitrogens is 1. The number of aromatic carboxylic acids is 1. The summed E-state index contributed by atoms with van der Waals surface area (Å²) in [7, 11) is -2.26. The quantitative estimate of drug-likeness (QED) is 0.667. The first-order valence-corrected chi connectivity index (χ1v) is 6.62. The summed E-state index contributed by atoms with van der Waals surface area (Å²) in [6.45, 7) is 0.00819. The van der Waals surface area contributed by atoms with Crippen LogP contribution in [0.4, 0.5) is 0 Å². The van der Waals surface area contributed by atoms with Crippen LogP contribution < -0.4 is 4.72 Å². The van der Waals surface area contributed by atoms with Crippen molar-refractivity contribution in [3.05, 3.63) is 29.7 Å². The number of hydrogen-bond donors (Lipinski definition) is 3. The average Bonchev–Trinajstić information content (AvgIpc) is 2.94. The van der Waals surface area contributed by atoms with E-state index in [2.05, 4.69) is 20.0 Å². The van der Waals surface area contributed by atoms with Crippen molar-refractivity contribution in [3.63, 3.8) is 0 Å². The van der Waals surface area contributed by atoms with Crippen LogP contribution in [0.25, 0.3) is 0 Å².